The van der Waals surface area contributed by atoms with Crippen LogP contribution in [0.4, 0.5) is 0 Å². The van der Waals surface area contributed by atoms with Crippen molar-refractivity contribution in [2.24, 2.45) is 11.8 Å². The summed E-state index contributed by atoms with van der Waals surface area (Å²) in [6.45, 7) is -0.628. The number of nitrogens with zero attached hydrogens (tertiary/aromatic N) is 1. The molecule has 2 saturated carbocycles. The number of nitrogens with one attached hydrogen (secondary N) is 1. The standard InChI is InChI=1S/C17H20N2O8/c20-7-10-13(27-14(23)9-3-4-9)17(25,12(22)8-1-2-8)15(26-10)19-6-5-11(21)18-16(19)24/h5-6,8-10,13,15,20,25H,1-4,7H2,(H,18,21,24)/t10-,13-,15-,17-/m1/s1. The number of ketones is 1. The molecule has 0 bridgehead atoms. The van der Waals surface area contributed by atoms with Gasteiger partial charge in [0.1, 0.15) is 6.10 Å². The Balaban J connectivity index is 1.76. The minimum Gasteiger partial charge on any atom is -0.455 e. The van der Waals surface area contributed by atoms with Crippen molar-refractivity contribution in [1.29, 1.82) is 0 Å². The van der Waals surface area contributed by atoms with Crippen LogP contribution in [-0.4, -0.2) is 55.9 Å². The highest BCUT2D eigenvalue weighted by atomic mass is 16.6. The van der Waals surface area contributed by atoms with Gasteiger partial charge in [-0.25, -0.2) is 4.79 Å². The van der Waals surface area contributed by atoms with Crippen molar-refractivity contribution in [1.82, 2.24) is 9.55 Å². The van der Waals surface area contributed by atoms with Gasteiger partial charge < -0.3 is 19.7 Å². The van der Waals surface area contributed by atoms with E-state index in [0.717, 1.165) is 16.8 Å². The topological polar surface area (TPSA) is 148 Å². The average Bonchev–Trinajstić information content (AvgIpc) is 3.54. The summed E-state index contributed by atoms with van der Waals surface area (Å²) in [6, 6.07) is 1.05. The molecule has 10 nitrogen and oxygen atoms in total. The van der Waals surface area contributed by atoms with Gasteiger partial charge in [0.2, 0.25) is 5.60 Å². The van der Waals surface area contributed by atoms with Gasteiger partial charge in [-0.3, -0.25) is 23.9 Å². The van der Waals surface area contributed by atoms with Crippen molar-refractivity contribution in [2.75, 3.05) is 6.61 Å². The summed E-state index contributed by atoms with van der Waals surface area (Å²) in [4.78, 5) is 50.7. The van der Waals surface area contributed by atoms with E-state index in [1.165, 1.54) is 0 Å². The SMILES string of the molecule is O=C(O[C@@H]1[C@@H](CO)O[C@@H](n2ccc(=O)[nH]c2=O)[C@@]1(O)C(=O)C1CC1)C1CC1. The summed E-state index contributed by atoms with van der Waals surface area (Å²) in [5.74, 6) is -1.90. The normalized spacial score (nSPS) is 33.0. The van der Waals surface area contributed by atoms with Crippen LogP contribution in [0.3, 0.4) is 0 Å². The minimum atomic E-state index is -2.35. The van der Waals surface area contributed by atoms with Crippen LogP contribution in [0.15, 0.2) is 21.9 Å². The van der Waals surface area contributed by atoms with Gasteiger partial charge in [-0.2, -0.15) is 0 Å². The van der Waals surface area contributed by atoms with Gasteiger partial charge in [0.25, 0.3) is 5.56 Å². The smallest absolute Gasteiger partial charge is 0.330 e. The van der Waals surface area contributed by atoms with E-state index < -0.39 is 59.6 Å². The van der Waals surface area contributed by atoms with Crippen LogP contribution in [-0.2, 0) is 19.1 Å². The molecular weight excluding hydrogens is 360 g/mol. The first-order valence-electron chi connectivity index (χ1n) is 8.91. The predicted octanol–water partition coefficient (Wildman–Crippen LogP) is -1.54. The molecule has 1 saturated heterocycles. The van der Waals surface area contributed by atoms with E-state index in [2.05, 4.69) is 0 Å². The Labute approximate surface area is 152 Å². The van der Waals surface area contributed by atoms with Crippen LogP contribution in [0.2, 0.25) is 0 Å². The largest absolute Gasteiger partial charge is 0.455 e. The third-order valence-corrected chi connectivity index (χ3v) is 5.23. The molecule has 146 valence electrons. The number of carbonyl (C=O) groups is 2. The highest BCUT2D eigenvalue weighted by molar-refractivity contribution is 5.93. The van der Waals surface area contributed by atoms with Crippen LogP contribution in [0.5, 0.6) is 0 Å². The molecule has 0 unspecified atom stereocenters. The lowest BCUT2D eigenvalue weighted by Gasteiger charge is -2.32. The molecule has 10 heteroatoms. The van der Waals surface area contributed by atoms with Crippen molar-refractivity contribution in [2.45, 2.75) is 49.7 Å². The van der Waals surface area contributed by atoms with E-state index in [0.29, 0.717) is 25.7 Å². The Morgan fingerprint density at radius 1 is 1.26 bits per heavy atom. The summed E-state index contributed by atoms with van der Waals surface area (Å²) in [5.41, 5.74) is -3.89. The quantitative estimate of drug-likeness (QED) is 0.503. The number of rotatable bonds is 6. The number of hydrogen-bond donors (Lipinski definition) is 3. The summed E-state index contributed by atoms with van der Waals surface area (Å²) in [6.07, 6.45) is -0.623. The first-order valence-corrected chi connectivity index (χ1v) is 8.91. The van der Waals surface area contributed by atoms with Gasteiger partial charge in [0, 0.05) is 18.2 Å². The monoisotopic (exact) mass is 380 g/mol. The number of carbonyl (C=O) groups excluding carboxylic acids is 2. The molecule has 27 heavy (non-hydrogen) atoms. The summed E-state index contributed by atoms with van der Waals surface area (Å²) >= 11 is 0. The number of hydrogen-bond acceptors (Lipinski definition) is 8. The average molecular weight is 380 g/mol. The van der Waals surface area contributed by atoms with Crippen LogP contribution in [0, 0.1) is 11.8 Å². The summed E-state index contributed by atoms with van der Waals surface area (Å²) < 4.78 is 11.8. The number of H-pyrrole nitrogens is 1. The summed E-state index contributed by atoms with van der Waals surface area (Å²) in [7, 11) is 0. The number of Topliss-reactive ketones (excluding diaryl/α,β-unsaturated/α-hetero) is 1. The van der Waals surface area contributed by atoms with Gasteiger partial charge in [0.15, 0.2) is 18.1 Å². The van der Waals surface area contributed by atoms with Gasteiger partial charge >= 0.3 is 11.7 Å². The van der Waals surface area contributed by atoms with Gasteiger partial charge in [-0.05, 0) is 25.7 Å². The number of aliphatic hydroxyl groups excluding tert-OH is 1. The molecule has 4 atom stereocenters. The maximum atomic E-state index is 12.9. The predicted molar refractivity (Wildman–Crippen MR) is 87.6 cm³/mol. The lowest BCUT2D eigenvalue weighted by Crippen LogP contribution is -2.57. The zero-order valence-corrected chi connectivity index (χ0v) is 14.4. The molecule has 0 amide bonds. The van der Waals surface area contributed by atoms with Gasteiger partial charge in [-0.1, -0.05) is 0 Å². The van der Waals surface area contributed by atoms with Crippen molar-refractivity contribution in [3.8, 4) is 0 Å². The molecule has 3 fully saturated rings. The Morgan fingerprint density at radius 3 is 2.48 bits per heavy atom. The van der Waals surface area contributed by atoms with E-state index in [9.17, 15) is 29.4 Å². The Bertz CT molecular complexity index is 883. The highest BCUT2D eigenvalue weighted by Crippen LogP contribution is 2.46. The molecule has 1 aromatic rings. The Kier molecular flexibility index (Phi) is 4.28. The third-order valence-electron chi connectivity index (χ3n) is 5.23. The van der Waals surface area contributed by atoms with Crippen molar-refractivity contribution in [3.63, 3.8) is 0 Å². The van der Waals surface area contributed by atoms with Crippen LogP contribution in [0.1, 0.15) is 31.9 Å². The number of aromatic nitrogens is 2. The van der Waals surface area contributed by atoms with Crippen LogP contribution >= 0.6 is 0 Å². The number of aromatic amines is 1. The van der Waals surface area contributed by atoms with Gasteiger partial charge in [0.05, 0.1) is 12.5 Å². The lowest BCUT2D eigenvalue weighted by molar-refractivity contribution is -0.175. The molecule has 1 aromatic heterocycles. The molecule has 4 rings (SSSR count). The number of aliphatic hydroxyl groups is 2. The second-order valence-corrected chi connectivity index (χ2v) is 7.32. The molecule has 2 aliphatic carbocycles. The Hall–Kier alpha value is -2.30. The first-order chi connectivity index (χ1) is 12.9. The fourth-order valence-electron chi connectivity index (χ4n) is 3.43. The molecule has 1 aliphatic heterocycles. The van der Waals surface area contributed by atoms with Crippen LogP contribution < -0.4 is 11.2 Å². The van der Waals surface area contributed by atoms with Crippen molar-refractivity contribution in [3.05, 3.63) is 33.1 Å². The van der Waals surface area contributed by atoms with Crippen molar-refractivity contribution >= 4 is 11.8 Å². The fraction of sp³-hybridized carbons (Fsp3) is 0.647. The lowest BCUT2D eigenvalue weighted by atomic mass is 9.86. The molecule has 2 heterocycles. The molecule has 3 N–H and O–H groups in total. The van der Waals surface area contributed by atoms with E-state index in [1.54, 1.807) is 0 Å². The van der Waals surface area contributed by atoms with Crippen LogP contribution in [0.25, 0.3) is 0 Å². The maximum absolute atomic E-state index is 12.9. The van der Waals surface area contributed by atoms with E-state index in [1.807, 2.05) is 4.98 Å². The Morgan fingerprint density at radius 2 is 1.93 bits per heavy atom. The summed E-state index contributed by atoms with van der Waals surface area (Å²) in [5, 5.41) is 21.0. The second kappa shape index (κ2) is 6.39. The molecular formula is C17H20N2O8. The zero-order valence-electron chi connectivity index (χ0n) is 14.4. The molecule has 0 spiro atoms. The number of esters is 1. The maximum Gasteiger partial charge on any atom is 0.330 e. The van der Waals surface area contributed by atoms with Gasteiger partial charge in [-0.15, -0.1) is 0 Å². The number of ether oxygens (including phenoxy) is 2. The van der Waals surface area contributed by atoms with Crippen molar-refractivity contribution < 1.29 is 29.3 Å². The molecule has 3 aliphatic rings. The second-order valence-electron chi connectivity index (χ2n) is 7.32. The van der Waals surface area contributed by atoms with E-state index >= 15 is 0 Å². The van der Waals surface area contributed by atoms with E-state index in [-0.39, 0.29) is 5.92 Å². The molecule has 0 aromatic carbocycles. The third kappa shape index (κ3) is 3.03. The zero-order chi connectivity index (χ0) is 19.3. The first kappa shape index (κ1) is 18.1. The van der Waals surface area contributed by atoms with E-state index in [4.69, 9.17) is 9.47 Å². The molecule has 0 radical (unpaired) electrons. The fourth-order valence-corrected chi connectivity index (χ4v) is 3.43. The highest BCUT2D eigenvalue weighted by Gasteiger charge is 2.65. The minimum absolute atomic E-state index is 0.292.